The molecule has 0 aliphatic heterocycles. The Hall–Kier alpha value is -1.02. The third-order valence-electron chi connectivity index (χ3n) is 3.23. The molecule has 2 aromatic rings. The maximum atomic E-state index is 12.3. The molecule has 0 unspecified atom stereocenters. The first-order valence-electron chi connectivity index (χ1n) is 7.35. The van der Waals surface area contributed by atoms with Crippen LogP contribution in [0.1, 0.15) is 38.6 Å². The molecular formula is C15H23N3O2S2. The van der Waals surface area contributed by atoms with Gasteiger partial charge in [0, 0.05) is 12.0 Å². The van der Waals surface area contributed by atoms with Crippen molar-refractivity contribution in [1.29, 1.82) is 0 Å². The first-order chi connectivity index (χ1) is 10.2. The number of benzene rings is 1. The zero-order valence-electron chi connectivity index (χ0n) is 13.2. The molecule has 0 aliphatic rings. The number of fused-ring (bicyclic) bond motifs is 1. The largest absolute Gasteiger partial charge is 0.330 e. The Morgan fingerprint density at radius 2 is 2.00 bits per heavy atom. The number of aromatic nitrogens is 1. The smallest absolute Gasteiger partial charge is 0.240 e. The van der Waals surface area contributed by atoms with Crippen molar-refractivity contribution in [1.82, 2.24) is 9.71 Å². The Bertz CT molecular complexity index is 746. The van der Waals surface area contributed by atoms with Crippen LogP contribution in [0, 0.1) is 0 Å². The Labute approximate surface area is 136 Å². The summed E-state index contributed by atoms with van der Waals surface area (Å²) in [6.45, 7) is 7.28. The van der Waals surface area contributed by atoms with E-state index in [-0.39, 0.29) is 10.3 Å². The molecule has 0 saturated heterocycles. The van der Waals surface area contributed by atoms with Crippen molar-refractivity contribution >= 4 is 31.6 Å². The third-order valence-corrected chi connectivity index (χ3v) is 6.14. The standard InChI is InChI=1S/C15H23N3O2S2/c1-15(2,3)14-18-12-7-6-11(10-13(12)21-14)22(19,20)17-9-5-4-8-16/h6-7,10,17H,4-5,8-9,16H2,1-3H3. The van der Waals surface area contributed by atoms with Crippen molar-refractivity contribution in [2.75, 3.05) is 13.1 Å². The molecule has 0 fully saturated rings. The first-order valence-corrected chi connectivity index (χ1v) is 9.65. The van der Waals surface area contributed by atoms with Crippen LogP contribution in [0.5, 0.6) is 0 Å². The van der Waals surface area contributed by atoms with Crippen molar-refractivity contribution in [3.05, 3.63) is 23.2 Å². The highest BCUT2D eigenvalue weighted by atomic mass is 32.2. The Kier molecular flexibility index (Phi) is 5.21. The summed E-state index contributed by atoms with van der Waals surface area (Å²) < 4.78 is 28.1. The quantitative estimate of drug-likeness (QED) is 0.791. The summed E-state index contributed by atoms with van der Waals surface area (Å²) in [5, 5.41) is 1.01. The van der Waals surface area contributed by atoms with Crippen LogP contribution in [-0.4, -0.2) is 26.5 Å². The summed E-state index contributed by atoms with van der Waals surface area (Å²) in [6.07, 6.45) is 1.55. The maximum absolute atomic E-state index is 12.3. The van der Waals surface area contributed by atoms with E-state index in [1.165, 1.54) is 0 Å². The summed E-state index contributed by atoms with van der Waals surface area (Å²) in [5.41, 5.74) is 6.21. The molecule has 1 aromatic heterocycles. The summed E-state index contributed by atoms with van der Waals surface area (Å²) in [7, 11) is -3.47. The Morgan fingerprint density at radius 1 is 1.27 bits per heavy atom. The van der Waals surface area contributed by atoms with Crippen LogP contribution < -0.4 is 10.5 Å². The van der Waals surface area contributed by atoms with Gasteiger partial charge in [-0.15, -0.1) is 11.3 Å². The molecule has 0 amide bonds. The second-order valence-electron chi connectivity index (χ2n) is 6.29. The van der Waals surface area contributed by atoms with Gasteiger partial charge in [-0.2, -0.15) is 0 Å². The van der Waals surface area contributed by atoms with E-state index < -0.39 is 10.0 Å². The molecule has 7 heteroatoms. The number of sulfonamides is 1. The fraction of sp³-hybridized carbons (Fsp3) is 0.533. The van der Waals surface area contributed by atoms with Crippen LogP contribution in [-0.2, 0) is 15.4 Å². The van der Waals surface area contributed by atoms with Crippen molar-refractivity contribution in [3.8, 4) is 0 Å². The fourth-order valence-corrected chi connectivity index (χ4v) is 4.19. The van der Waals surface area contributed by atoms with E-state index in [1.54, 1.807) is 29.5 Å². The number of hydrogen-bond acceptors (Lipinski definition) is 5. The van der Waals surface area contributed by atoms with E-state index in [9.17, 15) is 8.42 Å². The van der Waals surface area contributed by atoms with Crippen LogP contribution in [0.15, 0.2) is 23.1 Å². The highest BCUT2D eigenvalue weighted by Gasteiger charge is 2.20. The molecule has 5 nitrogen and oxygen atoms in total. The molecule has 0 aliphatic carbocycles. The minimum atomic E-state index is -3.47. The molecule has 22 heavy (non-hydrogen) atoms. The molecule has 2 rings (SSSR count). The molecule has 0 saturated carbocycles. The molecule has 1 aromatic carbocycles. The zero-order valence-corrected chi connectivity index (χ0v) is 14.9. The minimum absolute atomic E-state index is 0.0385. The lowest BCUT2D eigenvalue weighted by atomic mass is 9.98. The number of thiazole rings is 1. The van der Waals surface area contributed by atoms with Crippen molar-refractivity contribution < 1.29 is 8.42 Å². The highest BCUT2D eigenvalue weighted by molar-refractivity contribution is 7.89. The van der Waals surface area contributed by atoms with Gasteiger partial charge in [-0.1, -0.05) is 20.8 Å². The van der Waals surface area contributed by atoms with Crippen LogP contribution >= 0.6 is 11.3 Å². The molecule has 0 bridgehead atoms. The van der Waals surface area contributed by atoms with Gasteiger partial charge in [-0.05, 0) is 37.6 Å². The summed E-state index contributed by atoms with van der Waals surface area (Å²) in [5.74, 6) is 0. The molecule has 3 N–H and O–H groups in total. The Balaban J connectivity index is 2.25. The number of nitrogens with zero attached hydrogens (tertiary/aromatic N) is 1. The lowest BCUT2D eigenvalue weighted by Crippen LogP contribution is -2.25. The topological polar surface area (TPSA) is 85.1 Å². The van der Waals surface area contributed by atoms with Gasteiger partial charge in [-0.25, -0.2) is 18.1 Å². The summed E-state index contributed by atoms with van der Waals surface area (Å²) >= 11 is 1.55. The molecule has 0 radical (unpaired) electrons. The average molecular weight is 342 g/mol. The van der Waals surface area contributed by atoms with E-state index in [4.69, 9.17) is 5.73 Å². The van der Waals surface area contributed by atoms with Crippen molar-refractivity contribution in [3.63, 3.8) is 0 Å². The fourth-order valence-electron chi connectivity index (χ4n) is 1.95. The number of unbranched alkanes of at least 4 members (excludes halogenated alkanes) is 1. The molecule has 0 spiro atoms. The normalized spacial score (nSPS) is 12.9. The van der Waals surface area contributed by atoms with Gasteiger partial charge in [0.1, 0.15) is 0 Å². The van der Waals surface area contributed by atoms with Gasteiger partial charge in [0.15, 0.2) is 0 Å². The van der Waals surface area contributed by atoms with E-state index >= 15 is 0 Å². The monoisotopic (exact) mass is 341 g/mol. The summed E-state index contributed by atoms with van der Waals surface area (Å²) in [4.78, 5) is 4.87. The third kappa shape index (κ3) is 4.04. The first kappa shape index (κ1) is 17.3. The Morgan fingerprint density at radius 3 is 2.64 bits per heavy atom. The van der Waals surface area contributed by atoms with Gasteiger partial charge < -0.3 is 5.73 Å². The zero-order chi connectivity index (χ0) is 16.4. The molecule has 1 heterocycles. The predicted octanol–water partition coefficient (Wildman–Crippen LogP) is 2.61. The van der Waals surface area contributed by atoms with Crippen molar-refractivity contribution in [2.45, 2.75) is 43.9 Å². The second kappa shape index (κ2) is 6.62. The van der Waals surface area contributed by atoms with Crippen LogP contribution in [0.3, 0.4) is 0 Å². The van der Waals surface area contributed by atoms with Gasteiger partial charge in [-0.3, -0.25) is 0 Å². The predicted molar refractivity (Wildman–Crippen MR) is 91.8 cm³/mol. The van der Waals surface area contributed by atoms with Gasteiger partial charge in [0.2, 0.25) is 10.0 Å². The average Bonchev–Trinajstić information content (AvgIpc) is 2.86. The highest BCUT2D eigenvalue weighted by Crippen LogP contribution is 2.32. The number of nitrogens with one attached hydrogen (secondary N) is 1. The van der Waals surface area contributed by atoms with Gasteiger partial charge >= 0.3 is 0 Å². The van der Waals surface area contributed by atoms with Crippen LogP contribution in [0.2, 0.25) is 0 Å². The molecule has 0 atom stereocenters. The van der Waals surface area contributed by atoms with Crippen LogP contribution in [0.4, 0.5) is 0 Å². The van der Waals surface area contributed by atoms with Crippen molar-refractivity contribution in [2.24, 2.45) is 5.73 Å². The van der Waals surface area contributed by atoms with E-state index in [1.807, 2.05) is 0 Å². The lowest BCUT2D eigenvalue weighted by molar-refractivity contribution is 0.577. The van der Waals surface area contributed by atoms with E-state index in [2.05, 4.69) is 30.5 Å². The van der Waals surface area contributed by atoms with Gasteiger partial charge in [0.05, 0.1) is 20.1 Å². The maximum Gasteiger partial charge on any atom is 0.240 e. The van der Waals surface area contributed by atoms with Gasteiger partial charge in [0.25, 0.3) is 0 Å². The number of hydrogen-bond donors (Lipinski definition) is 2. The van der Waals surface area contributed by atoms with E-state index in [0.29, 0.717) is 13.1 Å². The minimum Gasteiger partial charge on any atom is -0.330 e. The number of nitrogens with two attached hydrogens (primary N) is 1. The SMILES string of the molecule is CC(C)(C)c1nc2ccc(S(=O)(=O)NCCCCN)cc2s1. The second-order valence-corrected chi connectivity index (χ2v) is 9.09. The van der Waals surface area contributed by atoms with E-state index in [0.717, 1.165) is 28.1 Å². The van der Waals surface area contributed by atoms with Crippen LogP contribution in [0.25, 0.3) is 10.2 Å². The molecular weight excluding hydrogens is 318 g/mol. The molecule has 122 valence electrons. The lowest BCUT2D eigenvalue weighted by Gasteiger charge is -2.13. The summed E-state index contributed by atoms with van der Waals surface area (Å²) in [6, 6.07) is 5.09. The number of rotatable bonds is 6.